The van der Waals surface area contributed by atoms with E-state index >= 15 is 0 Å². The molecule has 0 amide bonds. The van der Waals surface area contributed by atoms with E-state index in [9.17, 15) is 8.42 Å². The fraction of sp³-hybridized carbons (Fsp3) is 0.600. The minimum atomic E-state index is -2.94. The third kappa shape index (κ3) is 5.92. The van der Waals surface area contributed by atoms with Gasteiger partial charge < -0.3 is 10.6 Å². The Morgan fingerprint density at radius 2 is 1.95 bits per heavy atom. The van der Waals surface area contributed by atoms with Gasteiger partial charge in [-0.25, -0.2) is 8.42 Å². The fourth-order valence-corrected chi connectivity index (χ4v) is 3.46. The third-order valence-corrected chi connectivity index (χ3v) is 5.02. The number of rotatable bonds is 9. The van der Waals surface area contributed by atoms with E-state index in [2.05, 4.69) is 11.0 Å². The highest BCUT2D eigenvalue weighted by Gasteiger charge is 2.13. The lowest BCUT2D eigenvalue weighted by molar-refractivity contribution is 0.592. The molecule has 4 nitrogen and oxygen atoms in total. The molecule has 0 saturated heterocycles. The minimum absolute atomic E-state index is 0.208. The van der Waals surface area contributed by atoms with Crippen LogP contribution in [0.2, 0.25) is 0 Å². The molecule has 2 N–H and O–H groups in total. The first kappa shape index (κ1) is 17.0. The van der Waals surface area contributed by atoms with Crippen molar-refractivity contribution < 1.29 is 8.42 Å². The van der Waals surface area contributed by atoms with E-state index in [0.29, 0.717) is 19.5 Å². The summed E-state index contributed by atoms with van der Waals surface area (Å²) in [5, 5.41) is 0. The van der Waals surface area contributed by atoms with Gasteiger partial charge in [0.05, 0.1) is 5.75 Å². The predicted molar refractivity (Wildman–Crippen MR) is 86.0 cm³/mol. The summed E-state index contributed by atoms with van der Waals surface area (Å²) in [5.41, 5.74) is 7.82. The lowest BCUT2D eigenvalue weighted by atomic mass is 10.2. The molecule has 0 aromatic heterocycles. The summed E-state index contributed by atoms with van der Waals surface area (Å²) < 4.78 is 23.7. The quantitative estimate of drug-likeness (QED) is 0.757. The molecule has 0 atom stereocenters. The molecule has 1 aromatic carbocycles. The molecule has 20 heavy (non-hydrogen) atoms. The van der Waals surface area contributed by atoms with Gasteiger partial charge in [-0.2, -0.15) is 0 Å². The van der Waals surface area contributed by atoms with Crippen molar-refractivity contribution in [1.82, 2.24) is 0 Å². The maximum atomic E-state index is 11.9. The number of aryl methyl sites for hydroxylation is 1. The van der Waals surface area contributed by atoms with Gasteiger partial charge in [-0.3, -0.25) is 0 Å². The van der Waals surface area contributed by atoms with E-state index in [-0.39, 0.29) is 11.5 Å². The number of nitrogens with zero attached hydrogens (tertiary/aromatic N) is 1. The Hall–Kier alpha value is -1.07. The lowest BCUT2D eigenvalue weighted by Gasteiger charge is -2.25. The number of benzene rings is 1. The highest BCUT2D eigenvalue weighted by atomic mass is 32.2. The molecule has 0 radical (unpaired) electrons. The molecule has 0 fully saturated rings. The summed E-state index contributed by atoms with van der Waals surface area (Å²) in [6.07, 6.45) is 1.54. The molecule has 0 spiro atoms. The van der Waals surface area contributed by atoms with E-state index in [1.807, 2.05) is 32.0 Å². The summed E-state index contributed by atoms with van der Waals surface area (Å²) in [4.78, 5) is 2.12. The summed E-state index contributed by atoms with van der Waals surface area (Å²) in [6.45, 7) is 5.88. The van der Waals surface area contributed by atoms with Crippen LogP contribution in [0.25, 0.3) is 0 Å². The molecule has 0 aliphatic heterocycles. The van der Waals surface area contributed by atoms with Gasteiger partial charge in [0, 0.05) is 24.5 Å². The zero-order chi connectivity index (χ0) is 15.0. The first-order valence-corrected chi connectivity index (χ1v) is 9.02. The normalized spacial score (nSPS) is 11.6. The van der Waals surface area contributed by atoms with Gasteiger partial charge in [-0.1, -0.05) is 19.1 Å². The molecule has 0 saturated carbocycles. The molecule has 0 unspecified atom stereocenters. The van der Waals surface area contributed by atoms with Crippen molar-refractivity contribution in [3.63, 3.8) is 0 Å². The van der Waals surface area contributed by atoms with Crippen LogP contribution < -0.4 is 10.6 Å². The maximum Gasteiger partial charge on any atom is 0.152 e. The molecule has 114 valence electrons. The Balaban J connectivity index is 2.75. The molecule has 0 aliphatic carbocycles. The first-order chi connectivity index (χ1) is 9.48. The number of sulfone groups is 1. The molecular formula is C15H26N2O2S. The predicted octanol–water partition coefficient (Wildman–Crippen LogP) is 1.98. The second kappa shape index (κ2) is 8.27. The van der Waals surface area contributed by atoms with Gasteiger partial charge in [0.25, 0.3) is 0 Å². The Labute approximate surface area is 122 Å². The standard InChI is InChI=1S/C15H26N2O2S/c1-3-11-20(18,19)12-10-17(9-5-8-16)15-7-4-6-14(2)13-15/h4,6-7,13H,3,5,8-12,16H2,1-2H3. The van der Waals surface area contributed by atoms with Gasteiger partial charge in [-0.05, 0) is 44.0 Å². The maximum absolute atomic E-state index is 11.9. The second-order valence-corrected chi connectivity index (χ2v) is 7.42. The smallest absolute Gasteiger partial charge is 0.152 e. The minimum Gasteiger partial charge on any atom is -0.370 e. The lowest BCUT2D eigenvalue weighted by Crippen LogP contribution is -2.32. The van der Waals surface area contributed by atoms with Gasteiger partial charge >= 0.3 is 0 Å². The Morgan fingerprint density at radius 3 is 2.55 bits per heavy atom. The monoisotopic (exact) mass is 298 g/mol. The first-order valence-electron chi connectivity index (χ1n) is 7.20. The Kier molecular flexibility index (Phi) is 7.02. The molecule has 5 heteroatoms. The molecule has 0 heterocycles. The van der Waals surface area contributed by atoms with Crippen LogP contribution in [-0.4, -0.2) is 39.6 Å². The van der Waals surface area contributed by atoms with Crippen LogP contribution in [0.3, 0.4) is 0 Å². The molecule has 1 aromatic rings. The number of anilines is 1. The summed E-state index contributed by atoms with van der Waals surface area (Å²) in [6, 6.07) is 8.15. The van der Waals surface area contributed by atoms with Crippen molar-refractivity contribution in [2.24, 2.45) is 5.73 Å². The van der Waals surface area contributed by atoms with Crippen molar-refractivity contribution in [3.8, 4) is 0 Å². The van der Waals surface area contributed by atoms with E-state index in [1.54, 1.807) is 0 Å². The van der Waals surface area contributed by atoms with Crippen molar-refractivity contribution in [2.45, 2.75) is 26.7 Å². The average molecular weight is 298 g/mol. The van der Waals surface area contributed by atoms with E-state index in [4.69, 9.17) is 5.73 Å². The van der Waals surface area contributed by atoms with E-state index in [0.717, 1.165) is 18.7 Å². The highest BCUT2D eigenvalue weighted by molar-refractivity contribution is 7.91. The number of nitrogens with two attached hydrogens (primary N) is 1. The summed E-state index contributed by atoms with van der Waals surface area (Å²) in [7, 11) is -2.94. The van der Waals surface area contributed by atoms with Crippen molar-refractivity contribution >= 4 is 15.5 Å². The van der Waals surface area contributed by atoms with Crippen LogP contribution in [0.5, 0.6) is 0 Å². The topological polar surface area (TPSA) is 63.4 Å². The zero-order valence-corrected chi connectivity index (χ0v) is 13.3. The third-order valence-electron chi connectivity index (χ3n) is 3.19. The zero-order valence-electron chi connectivity index (χ0n) is 12.5. The Bertz CT molecular complexity index is 500. The SMILES string of the molecule is CCCS(=O)(=O)CCN(CCCN)c1cccc(C)c1. The van der Waals surface area contributed by atoms with Crippen LogP contribution in [0, 0.1) is 6.92 Å². The summed E-state index contributed by atoms with van der Waals surface area (Å²) in [5.74, 6) is 0.477. The Morgan fingerprint density at radius 1 is 1.20 bits per heavy atom. The molecule has 1 rings (SSSR count). The molecular weight excluding hydrogens is 272 g/mol. The highest BCUT2D eigenvalue weighted by Crippen LogP contribution is 2.16. The van der Waals surface area contributed by atoms with Crippen LogP contribution in [0.4, 0.5) is 5.69 Å². The molecule has 0 bridgehead atoms. The van der Waals surface area contributed by atoms with Crippen LogP contribution in [0.1, 0.15) is 25.3 Å². The second-order valence-electron chi connectivity index (χ2n) is 5.12. The van der Waals surface area contributed by atoms with Crippen LogP contribution in [-0.2, 0) is 9.84 Å². The van der Waals surface area contributed by atoms with Crippen molar-refractivity contribution in [1.29, 1.82) is 0 Å². The van der Waals surface area contributed by atoms with Crippen LogP contribution >= 0.6 is 0 Å². The number of hydrogen-bond donors (Lipinski definition) is 1. The van der Waals surface area contributed by atoms with Crippen molar-refractivity contribution in [3.05, 3.63) is 29.8 Å². The average Bonchev–Trinajstić information content (AvgIpc) is 2.38. The van der Waals surface area contributed by atoms with E-state index < -0.39 is 9.84 Å². The number of hydrogen-bond acceptors (Lipinski definition) is 4. The largest absolute Gasteiger partial charge is 0.370 e. The van der Waals surface area contributed by atoms with Crippen molar-refractivity contribution in [2.75, 3.05) is 36.0 Å². The van der Waals surface area contributed by atoms with Crippen LogP contribution in [0.15, 0.2) is 24.3 Å². The van der Waals surface area contributed by atoms with Gasteiger partial charge in [0.2, 0.25) is 0 Å². The molecule has 0 aliphatic rings. The fourth-order valence-electron chi connectivity index (χ4n) is 2.14. The van der Waals surface area contributed by atoms with E-state index in [1.165, 1.54) is 5.56 Å². The van der Waals surface area contributed by atoms with Gasteiger partial charge in [0.15, 0.2) is 9.84 Å². The van der Waals surface area contributed by atoms with Gasteiger partial charge in [-0.15, -0.1) is 0 Å². The van der Waals surface area contributed by atoms with Gasteiger partial charge in [0.1, 0.15) is 0 Å². The summed E-state index contributed by atoms with van der Waals surface area (Å²) >= 11 is 0.